The van der Waals surface area contributed by atoms with Gasteiger partial charge in [0.05, 0.1) is 13.7 Å². The Morgan fingerprint density at radius 2 is 1.39 bits per heavy atom. The van der Waals surface area contributed by atoms with Crippen molar-refractivity contribution in [3.05, 3.63) is 150 Å². The van der Waals surface area contributed by atoms with Gasteiger partial charge in [-0.1, -0.05) is 149 Å². The molecule has 287 valence electrons. The first-order chi connectivity index (χ1) is 26.2. The number of benzene rings is 5. The Bertz CT molecular complexity index is 2660. The fraction of sp³-hybridized carbons (Fsp3) is 0.240. The van der Waals surface area contributed by atoms with Crippen molar-refractivity contribution < 1.29 is 28.9 Å². The van der Waals surface area contributed by atoms with Crippen molar-refractivity contribution in [3.63, 3.8) is 0 Å². The number of furan rings is 1. The minimum atomic E-state index is -1.42. The molecule has 0 fully saturated rings. The molecular formula is C50H49FIrN2OSi-2. The Morgan fingerprint density at radius 3 is 2.12 bits per heavy atom. The van der Waals surface area contributed by atoms with Crippen LogP contribution in [0.4, 0.5) is 4.39 Å². The van der Waals surface area contributed by atoms with Crippen LogP contribution in [-0.2, 0) is 26.5 Å². The van der Waals surface area contributed by atoms with Crippen molar-refractivity contribution in [1.82, 2.24) is 9.97 Å². The summed E-state index contributed by atoms with van der Waals surface area (Å²) in [6, 6.07) is 40.8. The fourth-order valence-corrected chi connectivity index (χ4v) is 9.08. The van der Waals surface area contributed by atoms with Crippen LogP contribution in [-0.4, -0.2) is 18.0 Å². The monoisotopic (exact) mass is 933 g/mol. The molecule has 0 spiro atoms. The molecule has 0 amide bonds. The van der Waals surface area contributed by atoms with E-state index in [1.54, 1.807) is 6.07 Å². The first kappa shape index (κ1) is 40.9. The number of fused-ring (bicyclic) bond motifs is 4. The van der Waals surface area contributed by atoms with Crippen molar-refractivity contribution in [2.75, 3.05) is 0 Å². The van der Waals surface area contributed by atoms with Crippen LogP contribution in [0.2, 0.25) is 19.6 Å². The van der Waals surface area contributed by atoms with Gasteiger partial charge in [-0.15, -0.1) is 48.0 Å². The molecule has 3 aromatic heterocycles. The number of para-hydroxylation sites is 1. The summed E-state index contributed by atoms with van der Waals surface area (Å²) in [4.78, 5) is 9.33. The Hall–Kier alpha value is -4.74. The molecule has 6 heteroatoms. The molecule has 5 aromatic carbocycles. The predicted octanol–water partition coefficient (Wildman–Crippen LogP) is 13.5. The maximum absolute atomic E-state index is 13.3. The SMILES string of the molecule is CC(C)c1cc(-c2[c-]ccc(F)c2)ncc1[Si](C)(C)C.Cc1cnc(-c2[c-]ccc3c2oc2c(-c4cccc5ccccc45)cccc23)cc1CC(C)(C)C.[Ir]. The van der Waals surface area contributed by atoms with Gasteiger partial charge in [0.1, 0.15) is 5.58 Å². The number of hydrogen-bond donors (Lipinski definition) is 0. The molecule has 3 nitrogen and oxygen atoms in total. The third kappa shape index (κ3) is 8.63. The summed E-state index contributed by atoms with van der Waals surface area (Å²) < 4.78 is 20.0. The van der Waals surface area contributed by atoms with Gasteiger partial charge in [-0.3, -0.25) is 0 Å². The number of aromatic nitrogens is 2. The largest absolute Gasteiger partial charge is 0.500 e. The van der Waals surface area contributed by atoms with E-state index >= 15 is 0 Å². The van der Waals surface area contributed by atoms with Gasteiger partial charge in [-0.05, 0) is 63.2 Å². The van der Waals surface area contributed by atoms with Gasteiger partial charge in [0, 0.05) is 49.3 Å². The van der Waals surface area contributed by atoms with E-state index in [4.69, 9.17) is 9.40 Å². The zero-order valence-corrected chi connectivity index (χ0v) is 37.2. The number of nitrogens with zero attached hydrogens (tertiary/aromatic N) is 2. The van der Waals surface area contributed by atoms with Crippen LogP contribution in [0.3, 0.4) is 0 Å². The smallest absolute Gasteiger partial charge is 0.128 e. The molecule has 3 heterocycles. The van der Waals surface area contributed by atoms with Gasteiger partial charge in [0.15, 0.2) is 0 Å². The fourth-order valence-electron chi connectivity index (χ4n) is 7.40. The summed E-state index contributed by atoms with van der Waals surface area (Å²) in [7, 11) is -1.42. The molecule has 0 bridgehead atoms. The third-order valence-electron chi connectivity index (χ3n) is 10.1. The van der Waals surface area contributed by atoms with E-state index in [1.807, 2.05) is 18.5 Å². The number of rotatable bonds is 6. The molecule has 8 rings (SSSR count). The molecule has 56 heavy (non-hydrogen) atoms. The minimum absolute atomic E-state index is 0. The van der Waals surface area contributed by atoms with Gasteiger partial charge in [0.25, 0.3) is 0 Å². The molecule has 0 aliphatic rings. The second kappa shape index (κ2) is 16.4. The number of pyridine rings is 2. The summed E-state index contributed by atoms with van der Waals surface area (Å²) in [5.41, 5.74) is 11.4. The Labute approximate surface area is 345 Å². The zero-order chi connectivity index (χ0) is 39.1. The zero-order valence-electron chi connectivity index (χ0n) is 33.8. The quantitative estimate of drug-likeness (QED) is 0.123. The van der Waals surface area contributed by atoms with Gasteiger partial charge in [0.2, 0.25) is 0 Å². The molecule has 1 radical (unpaired) electrons. The average Bonchev–Trinajstić information content (AvgIpc) is 3.54. The molecule has 0 aliphatic heterocycles. The Balaban J connectivity index is 0.000000217. The van der Waals surface area contributed by atoms with E-state index in [1.165, 1.54) is 50.3 Å². The summed E-state index contributed by atoms with van der Waals surface area (Å²) in [5, 5.41) is 6.04. The van der Waals surface area contributed by atoms with Crippen LogP contribution < -0.4 is 5.19 Å². The molecule has 0 N–H and O–H groups in total. The molecule has 8 aromatic rings. The van der Waals surface area contributed by atoms with Crippen molar-refractivity contribution in [2.24, 2.45) is 5.41 Å². The van der Waals surface area contributed by atoms with E-state index in [0.29, 0.717) is 11.5 Å². The first-order valence-electron chi connectivity index (χ1n) is 19.2. The second-order valence-corrected chi connectivity index (χ2v) is 22.2. The number of halogens is 1. The minimum Gasteiger partial charge on any atom is -0.500 e. The van der Waals surface area contributed by atoms with Crippen molar-refractivity contribution in [2.45, 2.75) is 73.5 Å². The van der Waals surface area contributed by atoms with Crippen molar-refractivity contribution >= 4 is 46.0 Å². The van der Waals surface area contributed by atoms with Gasteiger partial charge in [-0.2, -0.15) is 0 Å². The molecule has 0 saturated carbocycles. The average molecular weight is 933 g/mol. The van der Waals surface area contributed by atoms with Crippen LogP contribution in [0.5, 0.6) is 0 Å². The maximum Gasteiger partial charge on any atom is 0.128 e. The summed E-state index contributed by atoms with van der Waals surface area (Å²) in [6.07, 6.45) is 4.96. The molecule has 0 atom stereocenters. The van der Waals surface area contributed by atoms with E-state index in [-0.39, 0.29) is 31.3 Å². The third-order valence-corrected chi connectivity index (χ3v) is 12.2. The van der Waals surface area contributed by atoms with Crippen molar-refractivity contribution in [3.8, 4) is 33.6 Å². The van der Waals surface area contributed by atoms with E-state index in [2.05, 4.69) is 157 Å². The van der Waals surface area contributed by atoms with Crippen LogP contribution in [0.15, 0.2) is 120 Å². The number of aryl methyl sites for hydroxylation is 1. The topological polar surface area (TPSA) is 38.9 Å². The predicted molar refractivity (Wildman–Crippen MR) is 232 cm³/mol. The van der Waals surface area contributed by atoms with Crippen LogP contribution >= 0.6 is 0 Å². The first-order valence-corrected chi connectivity index (χ1v) is 22.7. The van der Waals surface area contributed by atoms with Crippen LogP contribution in [0.25, 0.3) is 66.4 Å². The Kier molecular flexibility index (Phi) is 12.0. The standard InChI is InChI=1S/C33H28NO.C17H21FNSi.Ir/c1-21-20-34-30(18-23(21)19-33(2,3)4)29-17-9-16-28-27-15-8-14-26(31(27)35-32(28)29)25-13-7-11-22-10-5-6-12-24(22)25;1-12(2)15-10-16(13-7-6-8-14(18)9-13)19-11-17(15)20(3,4)5;/h5-16,18,20H,19H2,1-4H3;6,8-12H,1-5H3;/q2*-1;. The molecule has 0 saturated heterocycles. The van der Waals surface area contributed by atoms with Crippen molar-refractivity contribution in [1.29, 1.82) is 0 Å². The van der Waals surface area contributed by atoms with Gasteiger partial charge >= 0.3 is 0 Å². The normalized spacial score (nSPS) is 11.8. The van der Waals surface area contributed by atoms with E-state index in [9.17, 15) is 4.39 Å². The maximum atomic E-state index is 13.3. The van der Waals surface area contributed by atoms with Crippen LogP contribution in [0.1, 0.15) is 57.2 Å². The molecular weight excluding hydrogens is 884 g/mol. The van der Waals surface area contributed by atoms with E-state index in [0.717, 1.165) is 50.9 Å². The summed E-state index contributed by atoms with van der Waals surface area (Å²) in [6.45, 7) is 20.3. The second-order valence-electron chi connectivity index (χ2n) is 17.1. The molecule has 0 aliphatic carbocycles. The van der Waals surface area contributed by atoms with Gasteiger partial charge < -0.3 is 14.4 Å². The van der Waals surface area contributed by atoms with Crippen LogP contribution in [0, 0.1) is 30.3 Å². The summed E-state index contributed by atoms with van der Waals surface area (Å²) >= 11 is 0. The Morgan fingerprint density at radius 1 is 0.732 bits per heavy atom. The van der Waals surface area contributed by atoms with Gasteiger partial charge in [-0.25, -0.2) is 4.39 Å². The van der Waals surface area contributed by atoms with E-state index < -0.39 is 8.07 Å². The molecule has 0 unspecified atom stereocenters. The summed E-state index contributed by atoms with van der Waals surface area (Å²) in [5.74, 6) is 0.188. The number of hydrogen-bond acceptors (Lipinski definition) is 3.